The molecule has 6 heteroatoms. The predicted molar refractivity (Wildman–Crippen MR) is 123 cm³/mol. The number of allylic oxidation sites excluding steroid dienone is 1. The van der Waals surface area contributed by atoms with Gasteiger partial charge in [0.15, 0.2) is 5.82 Å². The third kappa shape index (κ3) is 4.32. The van der Waals surface area contributed by atoms with Gasteiger partial charge in [0.05, 0.1) is 31.8 Å². The van der Waals surface area contributed by atoms with Crippen molar-refractivity contribution in [1.29, 1.82) is 0 Å². The first-order valence-electron chi connectivity index (χ1n) is 9.74. The fourth-order valence-corrected chi connectivity index (χ4v) is 3.61. The maximum Gasteiger partial charge on any atom is 0.221 e. The van der Waals surface area contributed by atoms with E-state index in [4.69, 9.17) is 21.1 Å². The van der Waals surface area contributed by atoms with E-state index < -0.39 is 0 Å². The summed E-state index contributed by atoms with van der Waals surface area (Å²) in [6.07, 6.45) is 3.23. The molecule has 0 fully saturated rings. The molecule has 0 atom stereocenters. The summed E-state index contributed by atoms with van der Waals surface area (Å²) in [6, 6.07) is 20.7. The van der Waals surface area contributed by atoms with Crippen LogP contribution < -0.4 is 9.47 Å². The summed E-state index contributed by atoms with van der Waals surface area (Å²) in [7, 11) is 3.17. The van der Waals surface area contributed by atoms with Crippen molar-refractivity contribution in [3.63, 3.8) is 0 Å². The zero-order chi connectivity index (χ0) is 21.8. The van der Waals surface area contributed by atoms with Gasteiger partial charge in [-0.25, -0.2) is 4.98 Å². The van der Waals surface area contributed by atoms with Crippen molar-refractivity contribution in [2.24, 2.45) is 0 Å². The zero-order valence-corrected chi connectivity index (χ0v) is 18.0. The van der Waals surface area contributed by atoms with Gasteiger partial charge in [-0.1, -0.05) is 41.9 Å². The third-order valence-corrected chi connectivity index (χ3v) is 5.38. The largest absolute Gasteiger partial charge is 0.497 e. The first kappa shape index (κ1) is 20.7. The number of para-hydroxylation sites is 2. The van der Waals surface area contributed by atoms with E-state index in [0.29, 0.717) is 28.9 Å². The van der Waals surface area contributed by atoms with Crippen molar-refractivity contribution < 1.29 is 14.3 Å². The van der Waals surface area contributed by atoms with Crippen LogP contribution >= 0.6 is 11.6 Å². The van der Waals surface area contributed by atoms with Gasteiger partial charge < -0.3 is 14.0 Å². The highest BCUT2D eigenvalue weighted by atomic mass is 35.5. The minimum absolute atomic E-state index is 0.207. The smallest absolute Gasteiger partial charge is 0.221 e. The fourth-order valence-electron chi connectivity index (χ4n) is 3.42. The van der Waals surface area contributed by atoms with Crippen LogP contribution in [-0.4, -0.2) is 29.6 Å². The Kier molecular flexibility index (Phi) is 6.05. The number of carbonyl (C=O) groups excluding carboxylic acids is 1. The standard InChI is InChI=1S/C25H21ClN2O3/c1-30-19-13-11-17(24(15-19)31-2)12-14-23(29)25-27-21-9-5-6-10-22(21)28(25)16-18-7-3-4-8-20(18)26/h3-15H,16H2,1-2H3. The van der Waals surface area contributed by atoms with E-state index in [9.17, 15) is 4.79 Å². The van der Waals surface area contributed by atoms with Crippen LogP contribution in [0.1, 0.15) is 21.7 Å². The lowest BCUT2D eigenvalue weighted by Gasteiger charge is -2.10. The van der Waals surface area contributed by atoms with Crippen LogP contribution in [0.15, 0.2) is 72.8 Å². The number of nitrogens with zero attached hydrogens (tertiary/aromatic N) is 2. The molecule has 31 heavy (non-hydrogen) atoms. The Morgan fingerprint density at radius 1 is 1.03 bits per heavy atom. The number of methoxy groups -OCH3 is 2. The monoisotopic (exact) mass is 432 g/mol. The number of fused-ring (bicyclic) bond motifs is 1. The Bertz CT molecular complexity index is 1280. The number of imidazole rings is 1. The highest BCUT2D eigenvalue weighted by Crippen LogP contribution is 2.26. The van der Waals surface area contributed by atoms with Crippen LogP contribution in [-0.2, 0) is 6.54 Å². The van der Waals surface area contributed by atoms with Gasteiger partial charge in [-0.3, -0.25) is 4.79 Å². The predicted octanol–water partition coefficient (Wildman–Crippen LogP) is 5.65. The van der Waals surface area contributed by atoms with Crippen molar-refractivity contribution in [2.75, 3.05) is 14.2 Å². The van der Waals surface area contributed by atoms with Gasteiger partial charge in [0, 0.05) is 16.7 Å². The van der Waals surface area contributed by atoms with E-state index in [1.54, 1.807) is 26.4 Å². The molecule has 3 aromatic carbocycles. The van der Waals surface area contributed by atoms with Crippen molar-refractivity contribution in [2.45, 2.75) is 6.54 Å². The second-order valence-electron chi connectivity index (χ2n) is 6.91. The number of benzene rings is 3. The Labute approximate surface area is 185 Å². The van der Waals surface area contributed by atoms with Crippen LogP contribution in [0.2, 0.25) is 5.02 Å². The SMILES string of the molecule is COc1ccc(C=CC(=O)c2nc3ccccc3n2Cc2ccccc2Cl)c(OC)c1. The van der Waals surface area contributed by atoms with Crippen LogP contribution in [0, 0.1) is 0 Å². The van der Waals surface area contributed by atoms with E-state index in [2.05, 4.69) is 4.98 Å². The molecule has 0 spiro atoms. The molecule has 156 valence electrons. The van der Waals surface area contributed by atoms with E-state index >= 15 is 0 Å². The molecule has 1 heterocycles. The Morgan fingerprint density at radius 2 is 1.81 bits per heavy atom. The summed E-state index contributed by atoms with van der Waals surface area (Å²) in [5.41, 5.74) is 3.32. The molecule has 0 amide bonds. The average Bonchev–Trinajstić information content (AvgIpc) is 3.17. The molecule has 0 saturated heterocycles. The lowest BCUT2D eigenvalue weighted by molar-refractivity contribution is 0.103. The highest BCUT2D eigenvalue weighted by Gasteiger charge is 2.17. The number of aromatic nitrogens is 2. The second kappa shape index (κ2) is 9.06. The Hall–Kier alpha value is -3.57. The molecule has 4 aromatic rings. The van der Waals surface area contributed by atoms with E-state index in [-0.39, 0.29) is 5.78 Å². The van der Waals surface area contributed by atoms with Crippen LogP contribution in [0.5, 0.6) is 11.5 Å². The number of hydrogen-bond donors (Lipinski definition) is 0. The number of rotatable bonds is 7. The quantitative estimate of drug-likeness (QED) is 0.279. The van der Waals surface area contributed by atoms with E-state index in [1.165, 1.54) is 6.08 Å². The molecule has 0 bridgehead atoms. The fraction of sp³-hybridized carbons (Fsp3) is 0.120. The molecular weight excluding hydrogens is 412 g/mol. The number of ether oxygens (including phenoxy) is 2. The molecular formula is C25H21ClN2O3. The molecule has 0 aliphatic carbocycles. The highest BCUT2D eigenvalue weighted by molar-refractivity contribution is 6.31. The summed E-state index contributed by atoms with van der Waals surface area (Å²) >= 11 is 6.37. The summed E-state index contributed by atoms with van der Waals surface area (Å²) in [5.74, 6) is 1.45. The van der Waals surface area contributed by atoms with Crippen molar-refractivity contribution in [3.05, 3.63) is 94.8 Å². The maximum atomic E-state index is 13.1. The van der Waals surface area contributed by atoms with E-state index in [0.717, 1.165) is 22.2 Å². The molecule has 1 aromatic heterocycles. The number of halogens is 1. The normalized spacial score (nSPS) is 11.2. The summed E-state index contributed by atoms with van der Waals surface area (Å²) in [6.45, 7) is 0.445. The van der Waals surface area contributed by atoms with Crippen molar-refractivity contribution in [3.8, 4) is 11.5 Å². The molecule has 0 aliphatic rings. The topological polar surface area (TPSA) is 53.3 Å². The number of carbonyl (C=O) groups is 1. The molecule has 0 N–H and O–H groups in total. The maximum absolute atomic E-state index is 13.1. The van der Waals surface area contributed by atoms with Gasteiger partial charge in [0.25, 0.3) is 0 Å². The lowest BCUT2D eigenvalue weighted by atomic mass is 10.1. The van der Waals surface area contributed by atoms with Gasteiger partial charge in [-0.05, 0) is 48.0 Å². The van der Waals surface area contributed by atoms with Gasteiger partial charge in [0.2, 0.25) is 5.78 Å². The first-order valence-corrected chi connectivity index (χ1v) is 10.1. The zero-order valence-electron chi connectivity index (χ0n) is 17.2. The van der Waals surface area contributed by atoms with Gasteiger partial charge >= 0.3 is 0 Å². The van der Waals surface area contributed by atoms with Crippen molar-refractivity contribution >= 4 is 34.5 Å². The van der Waals surface area contributed by atoms with Gasteiger partial charge in [-0.15, -0.1) is 0 Å². The van der Waals surface area contributed by atoms with Crippen LogP contribution in [0.25, 0.3) is 17.1 Å². The minimum Gasteiger partial charge on any atom is -0.497 e. The van der Waals surface area contributed by atoms with Crippen LogP contribution in [0.4, 0.5) is 0 Å². The summed E-state index contributed by atoms with van der Waals surface area (Å²) in [4.78, 5) is 17.7. The molecule has 0 radical (unpaired) electrons. The average molecular weight is 433 g/mol. The van der Waals surface area contributed by atoms with Gasteiger partial charge in [0.1, 0.15) is 11.5 Å². The van der Waals surface area contributed by atoms with Crippen molar-refractivity contribution in [1.82, 2.24) is 9.55 Å². The first-order chi connectivity index (χ1) is 15.1. The molecule has 0 saturated carbocycles. The molecule has 0 unspecified atom stereocenters. The van der Waals surface area contributed by atoms with Gasteiger partial charge in [-0.2, -0.15) is 0 Å². The molecule has 4 rings (SSSR count). The third-order valence-electron chi connectivity index (χ3n) is 5.02. The Balaban J connectivity index is 1.71. The second-order valence-corrected chi connectivity index (χ2v) is 7.31. The lowest BCUT2D eigenvalue weighted by Crippen LogP contribution is -2.10. The minimum atomic E-state index is -0.207. The molecule has 5 nitrogen and oxygen atoms in total. The number of hydrogen-bond acceptors (Lipinski definition) is 4. The summed E-state index contributed by atoms with van der Waals surface area (Å²) < 4.78 is 12.5. The van der Waals surface area contributed by atoms with E-state index in [1.807, 2.05) is 65.2 Å². The molecule has 0 aliphatic heterocycles. The van der Waals surface area contributed by atoms with Crippen LogP contribution in [0.3, 0.4) is 0 Å². The summed E-state index contributed by atoms with van der Waals surface area (Å²) in [5, 5.41) is 0.650. The Morgan fingerprint density at radius 3 is 2.58 bits per heavy atom. The number of ketones is 1.